The molecule has 2 aromatic rings. The van der Waals surface area contributed by atoms with Gasteiger partial charge in [-0.05, 0) is 42.3 Å². The fourth-order valence-corrected chi connectivity index (χ4v) is 2.28. The molecule has 1 unspecified atom stereocenters. The van der Waals surface area contributed by atoms with Crippen LogP contribution in [0, 0.1) is 6.92 Å². The van der Waals surface area contributed by atoms with E-state index in [2.05, 4.69) is 24.4 Å². The van der Waals surface area contributed by atoms with E-state index < -0.39 is 0 Å². The largest absolute Gasteiger partial charge is 0.493 e. The van der Waals surface area contributed by atoms with Crippen LogP contribution in [0.15, 0.2) is 42.5 Å². The summed E-state index contributed by atoms with van der Waals surface area (Å²) in [5.41, 5.74) is 9.25. The Labute approximate surface area is 125 Å². The lowest BCUT2D eigenvalue weighted by molar-refractivity contribution is 0.354. The zero-order valence-electron chi connectivity index (χ0n) is 12.7. The number of nitrogens with two attached hydrogens (primary N) is 1. The third kappa shape index (κ3) is 3.67. The van der Waals surface area contributed by atoms with Crippen molar-refractivity contribution in [3.05, 3.63) is 53.6 Å². The van der Waals surface area contributed by atoms with E-state index >= 15 is 0 Å². The third-order valence-electron chi connectivity index (χ3n) is 3.40. The second-order valence-corrected chi connectivity index (χ2v) is 4.92. The smallest absolute Gasteiger partial charge is 0.161 e. The minimum atomic E-state index is 0.0200. The van der Waals surface area contributed by atoms with Crippen molar-refractivity contribution < 1.29 is 9.47 Å². The molecule has 2 rings (SSSR count). The van der Waals surface area contributed by atoms with Crippen molar-refractivity contribution in [3.63, 3.8) is 0 Å². The Morgan fingerprint density at radius 2 is 1.81 bits per heavy atom. The number of benzene rings is 2. The standard InChI is InChI=1S/C17H22N2O2/c1-12-5-4-6-14(9-12)19-15(11-18)13-7-8-16(20-2)17(10-13)21-3/h4-10,15,19H,11,18H2,1-3H3. The van der Waals surface area contributed by atoms with Gasteiger partial charge in [-0.2, -0.15) is 0 Å². The highest BCUT2D eigenvalue weighted by atomic mass is 16.5. The number of aryl methyl sites for hydroxylation is 1. The van der Waals surface area contributed by atoms with Crippen LogP contribution in [0.4, 0.5) is 5.69 Å². The van der Waals surface area contributed by atoms with Crippen LogP contribution in [0.1, 0.15) is 17.2 Å². The van der Waals surface area contributed by atoms with Gasteiger partial charge in [-0.15, -0.1) is 0 Å². The maximum atomic E-state index is 5.92. The van der Waals surface area contributed by atoms with Gasteiger partial charge in [-0.1, -0.05) is 18.2 Å². The van der Waals surface area contributed by atoms with Gasteiger partial charge in [-0.3, -0.25) is 0 Å². The molecule has 0 spiro atoms. The van der Waals surface area contributed by atoms with Crippen molar-refractivity contribution >= 4 is 5.69 Å². The Bertz CT molecular complexity index is 599. The highest BCUT2D eigenvalue weighted by molar-refractivity contribution is 5.50. The SMILES string of the molecule is COc1ccc(C(CN)Nc2cccc(C)c2)cc1OC. The molecule has 0 fully saturated rings. The van der Waals surface area contributed by atoms with E-state index in [1.54, 1.807) is 14.2 Å². The van der Waals surface area contributed by atoms with Crippen LogP contribution in [-0.2, 0) is 0 Å². The summed E-state index contributed by atoms with van der Waals surface area (Å²) in [7, 11) is 3.26. The van der Waals surface area contributed by atoms with E-state index in [1.165, 1.54) is 5.56 Å². The van der Waals surface area contributed by atoms with Crippen LogP contribution in [0.5, 0.6) is 11.5 Å². The molecule has 4 heteroatoms. The van der Waals surface area contributed by atoms with E-state index in [0.717, 1.165) is 11.3 Å². The number of nitrogens with one attached hydrogen (secondary N) is 1. The molecule has 0 aliphatic carbocycles. The summed E-state index contributed by atoms with van der Waals surface area (Å²) in [4.78, 5) is 0. The highest BCUT2D eigenvalue weighted by Crippen LogP contribution is 2.31. The third-order valence-corrected chi connectivity index (χ3v) is 3.40. The summed E-state index contributed by atoms with van der Waals surface area (Å²) in [5.74, 6) is 1.42. The first-order valence-electron chi connectivity index (χ1n) is 6.93. The van der Waals surface area contributed by atoms with Gasteiger partial charge < -0.3 is 20.5 Å². The van der Waals surface area contributed by atoms with E-state index in [-0.39, 0.29) is 6.04 Å². The molecule has 0 saturated carbocycles. The van der Waals surface area contributed by atoms with Crippen LogP contribution < -0.4 is 20.5 Å². The van der Waals surface area contributed by atoms with Crippen molar-refractivity contribution in [1.29, 1.82) is 0 Å². The predicted octanol–water partition coefficient (Wildman–Crippen LogP) is 3.12. The van der Waals surface area contributed by atoms with Gasteiger partial charge in [-0.25, -0.2) is 0 Å². The Morgan fingerprint density at radius 1 is 1.05 bits per heavy atom. The van der Waals surface area contributed by atoms with E-state index in [9.17, 15) is 0 Å². The van der Waals surface area contributed by atoms with Gasteiger partial charge in [0, 0.05) is 12.2 Å². The van der Waals surface area contributed by atoms with Gasteiger partial charge >= 0.3 is 0 Å². The number of hydrogen-bond donors (Lipinski definition) is 2. The Balaban J connectivity index is 2.25. The quantitative estimate of drug-likeness (QED) is 0.856. The van der Waals surface area contributed by atoms with Crippen molar-refractivity contribution in [1.82, 2.24) is 0 Å². The molecule has 4 nitrogen and oxygen atoms in total. The first kappa shape index (κ1) is 15.2. The zero-order chi connectivity index (χ0) is 15.2. The second kappa shape index (κ2) is 6.99. The number of ether oxygens (including phenoxy) is 2. The molecule has 0 aliphatic rings. The van der Waals surface area contributed by atoms with E-state index in [0.29, 0.717) is 18.0 Å². The Kier molecular flexibility index (Phi) is 5.06. The summed E-state index contributed by atoms with van der Waals surface area (Å²) < 4.78 is 10.6. The predicted molar refractivity (Wildman–Crippen MR) is 86.1 cm³/mol. The number of methoxy groups -OCH3 is 2. The first-order valence-corrected chi connectivity index (χ1v) is 6.93. The van der Waals surface area contributed by atoms with Crippen molar-refractivity contribution in [3.8, 4) is 11.5 Å². The fourth-order valence-electron chi connectivity index (χ4n) is 2.28. The molecule has 0 saturated heterocycles. The summed E-state index contributed by atoms with van der Waals surface area (Å²) >= 11 is 0. The molecular weight excluding hydrogens is 264 g/mol. The number of rotatable bonds is 6. The summed E-state index contributed by atoms with van der Waals surface area (Å²) in [5, 5.41) is 3.45. The van der Waals surface area contributed by atoms with Crippen LogP contribution in [0.3, 0.4) is 0 Å². The molecule has 2 aromatic carbocycles. The Hall–Kier alpha value is -2.20. The first-order chi connectivity index (χ1) is 10.2. The molecular formula is C17H22N2O2. The van der Waals surface area contributed by atoms with Crippen LogP contribution in [0.2, 0.25) is 0 Å². The van der Waals surface area contributed by atoms with Gasteiger partial charge in [0.15, 0.2) is 11.5 Å². The molecule has 0 amide bonds. The van der Waals surface area contributed by atoms with Crippen LogP contribution >= 0.6 is 0 Å². The van der Waals surface area contributed by atoms with E-state index in [1.807, 2.05) is 30.3 Å². The molecule has 0 aromatic heterocycles. The molecule has 1 atom stereocenters. The van der Waals surface area contributed by atoms with Crippen LogP contribution in [-0.4, -0.2) is 20.8 Å². The fraction of sp³-hybridized carbons (Fsp3) is 0.294. The minimum absolute atomic E-state index is 0.0200. The Morgan fingerprint density at radius 3 is 2.43 bits per heavy atom. The van der Waals surface area contributed by atoms with Gasteiger partial charge in [0.2, 0.25) is 0 Å². The normalized spacial score (nSPS) is 11.8. The maximum absolute atomic E-state index is 5.92. The zero-order valence-corrected chi connectivity index (χ0v) is 12.7. The topological polar surface area (TPSA) is 56.5 Å². The molecule has 3 N–H and O–H groups in total. The lowest BCUT2D eigenvalue weighted by atomic mass is 10.1. The molecule has 0 aliphatic heterocycles. The van der Waals surface area contributed by atoms with Crippen molar-refractivity contribution in [2.45, 2.75) is 13.0 Å². The van der Waals surface area contributed by atoms with Gasteiger partial charge in [0.1, 0.15) is 0 Å². The summed E-state index contributed by atoms with van der Waals surface area (Å²) in [6.45, 7) is 2.56. The molecule has 0 bridgehead atoms. The van der Waals surface area contributed by atoms with Gasteiger partial charge in [0.25, 0.3) is 0 Å². The summed E-state index contributed by atoms with van der Waals surface area (Å²) in [6.07, 6.45) is 0. The highest BCUT2D eigenvalue weighted by Gasteiger charge is 2.13. The average Bonchev–Trinajstić information content (AvgIpc) is 2.52. The lowest BCUT2D eigenvalue weighted by Crippen LogP contribution is -2.20. The van der Waals surface area contributed by atoms with Crippen LogP contribution in [0.25, 0.3) is 0 Å². The number of anilines is 1. The molecule has 112 valence electrons. The monoisotopic (exact) mass is 286 g/mol. The maximum Gasteiger partial charge on any atom is 0.161 e. The molecule has 21 heavy (non-hydrogen) atoms. The molecule has 0 radical (unpaired) electrons. The summed E-state index contributed by atoms with van der Waals surface area (Å²) in [6, 6.07) is 14.1. The molecule has 0 heterocycles. The van der Waals surface area contributed by atoms with Crippen molar-refractivity contribution in [2.24, 2.45) is 5.73 Å². The van der Waals surface area contributed by atoms with Crippen molar-refractivity contribution in [2.75, 3.05) is 26.1 Å². The average molecular weight is 286 g/mol. The minimum Gasteiger partial charge on any atom is -0.493 e. The van der Waals surface area contributed by atoms with Gasteiger partial charge in [0.05, 0.1) is 20.3 Å². The lowest BCUT2D eigenvalue weighted by Gasteiger charge is -2.20. The number of hydrogen-bond acceptors (Lipinski definition) is 4. The second-order valence-electron chi connectivity index (χ2n) is 4.92. The van der Waals surface area contributed by atoms with E-state index in [4.69, 9.17) is 15.2 Å².